The van der Waals surface area contributed by atoms with Gasteiger partial charge in [0.25, 0.3) is 5.91 Å². The van der Waals surface area contributed by atoms with Crippen LogP contribution in [0.2, 0.25) is 0 Å². The predicted molar refractivity (Wildman–Crippen MR) is 124 cm³/mol. The molecular formula is C25H29NO7. The van der Waals surface area contributed by atoms with Crippen molar-refractivity contribution in [3.63, 3.8) is 0 Å². The number of fused-ring (bicyclic) bond motifs is 1. The molecule has 1 aromatic heterocycles. The molecule has 8 heteroatoms. The molecule has 0 aliphatic rings. The zero-order chi connectivity index (χ0) is 23.8. The first-order valence-corrected chi connectivity index (χ1v) is 10.9. The summed E-state index contributed by atoms with van der Waals surface area (Å²) < 4.78 is 27.7. The topological polar surface area (TPSA) is 96.2 Å². The van der Waals surface area contributed by atoms with Gasteiger partial charge in [0.05, 0.1) is 25.9 Å². The number of para-hydroxylation sites is 1. The van der Waals surface area contributed by atoms with Gasteiger partial charge in [-0.25, -0.2) is 4.79 Å². The van der Waals surface area contributed by atoms with Gasteiger partial charge in [0.15, 0.2) is 18.1 Å². The number of rotatable bonds is 11. The average Bonchev–Trinajstić information content (AvgIpc) is 3.17. The number of anilines is 1. The Morgan fingerprint density at radius 3 is 2.45 bits per heavy atom. The number of hydrogen-bond acceptors (Lipinski definition) is 7. The molecular weight excluding hydrogens is 426 g/mol. The third-order valence-electron chi connectivity index (χ3n) is 4.61. The lowest BCUT2D eigenvalue weighted by Crippen LogP contribution is -2.21. The second kappa shape index (κ2) is 11.4. The van der Waals surface area contributed by atoms with E-state index in [9.17, 15) is 9.59 Å². The van der Waals surface area contributed by atoms with E-state index in [1.165, 1.54) is 0 Å². The van der Waals surface area contributed by atoms with Crippen LogP contribution in [0.1, 0.15) is 43.8 Å². The highest BCUT2D eigenvalue weighted by molar-refractivity contribution is 5.98. The Bertz CT molecular complexity index is 1100. The van der Waals surface area contributed by atoms with Crippen LogP contribution in [0, 0.1) is 0 Å². The first-order chi connectivity index (χ1) is 15.9. The van der Waals surface area contributed by atoms with Crippen molar-refractivity contribution in [2.75, 3.05) is 25.1 Å². The summed E-state index contributed by atoms with van der Waals surface area (Å²) in [5.74, 6) is -0.0863. The van der Waals surface area contributed by atoms with Crippen LogP contribution in [0.3, 0.4) is 0 Å². The SMILES string of the molecule is CCOc1ccc(NC(=O)COC(=O)c2oc3ccccc3c2COC(C)C)cc1OCC. The number of ether oxygens (including phenoxy) is 4. The van der Waals surface area contributed by atoms with E-state index >= 15 is 0 Å². The van der Waals surface area contributed by atoms with Crippen molar-refractivity contribution < 1.29 is 33.0 Å². The summed E-state index contributed by atoms with van der Waals surface area (Å²) in [6.07, 6.45) is -0.0241. The van der Waals surface area contributed by atoms with Gasteiger partial charge in [-0.15, -0.1) is 0 Å². The highest BCUT2D eigenvalue weighted by Crippen LogP contribution is 2.31. The van der Waals surface area contributed by atoms with E-state index < -0.39 is 18.5 Å². The lowest BCUT2D eigenvalue weighted by molar-refractivity contribution is -0.119. The standard InChI is InChI=1S/C25H29NO7/c1-5-29-21-12-11-17(13-22(21)30-6-2)26-23(27)15-32-25(28)24-19(14-31-16(3)4)18-9-7-8-10-20(18)33-24/h7-13,16H,5-6,14-15H2,1-4H3,(H,26,27). The van der Waals surface area contributed by atoms with E-state index in [1.54, 1.807) is 24.3 Å². The Balaban J connectivity index is 1.67. The quantitative estimate of drug-likeness (QED) is 0.409. The number of carbonyl (C=O) groups excluding carboxylic acids is 2. The number of esters is 1. The molecule has 0 unspecified atom stereocenters. The Morgan fingerprint density at radius 1 is 1.00 bits per heavy atom. The van der Waals surface area contributed by atoms with Gasteiger partial charge in [0.1, 0.15) is 5.58 Å². The molecule has 1 heterocycles. The van der Waals surface area contributed by atoms with Gasteiger partial charge in [-0.3, -0.25) is 4.79 Å². The first-order valence-electron chi connectivity index (χ1n) is 10.9. The molecule has 0 atom stereocenters. The predicted octanol–water partition coefficient (Wildman–Crippen LogP) is 4.95. The Kier molecular flexibility index (Phi) is 8.32. The van der Waals surface area contributed by atoms with Crippen molar-refractivity contribution in [3.8, 4) is 11.5 Å². The maximum absolute atomic E-state index is 12.7. The molecule has 0 aliphatic carbocycles. The van der Waals surface area contributed by atoms with Gasteiger partial charge < -0.3 is 28.7 Å². The van der Waals surface area contributed by atoms with Crippen LogP contribution in [0.15, 0.2) is 46.9 Å². The highest BCUT2D eigenvalue weighted by atomic mass is 16.5. The van der Waals surface area contributed by atoms with Crippen molar-refractivity contribution in [1.29, 1.82) is 0 Å². The van der Waals surface area contributed by atoms with Crippen molar-refractivity contribution >= 4 is 28.5 Å². The fourth-order valence-electron chi connectivity index (χ4n) is 3.18. The lowest BCUT2D eigenvalue weighted by atomic mass is 10.1. The summed E-state index contributed by atoms with van der Waals surface area (Å²) in [5.41, 5.74) is 1.64. The molecule has 0 radical (unpaired) electrons. The molecule has 0 saturated heterocycles. The summed E-state index contributed by atoms with van der Waals surface area (Å²) in [5, 5.41) is 3.46. The summed E-state index contributed by atoms with van der Waals surface area (Å²) in [6, 6.07) is 12.3. The first kappa shape index (κ1) is 24.1. The summed E-state index contributed by atoms with van der Waals surface area (Å²) in [4.78, 5) is 25.1. The molecule has 3 aromatic rings. The van der Waals surface area contributed by atoms with Crippen LogP contribution in [-0.2, 0) is 20.9 Å². The van der Waals surface area contributed by atoms with E-state index in [4.69, 9.17) is 23.4 Å². The molecule has 176 valence electrons. The van der Waals surface area contributed by atoms with Crippen molar-refractivity contribution in [2.24, 2.45) is 0 Å². The third-order valence-corrected chi connectivity index (χ3v) is 4.61. The average molecular weight is 456 g/mol. The fourth-order valence-corrected chi connectivity index (χ4v) is 3.18. The van der Waals surface area contributed by atoms with E-state index in [1.807, 2.05) is 45.9 Å². The van der Waals surface area contributed by atoms with Crippen LogP contribution in [0.25, 0.3) is 11.0 Å². The zero-order valence-corrected chi connectivity index (χ0v) is 19.3. The largest absolute Gasteiger partial charge is 0.490 e. The smallest absolute Gasteiger partial charge is 0.375 e. The number of hydrogen-bond donors (Lipinski definition) is 1. The van der Waals surface area contributed by atoms with E-state index in [-0.39, 0.29) is 18.5 Å². The van der Waals surface area contributed by atoms with Crippen LogP contribution in [0.4, 0.5) is 5.69 Å². The Morgan fingerprint density at radius 2 is 1.73 bits per heavy atom. The number of amides is 1. The molecule has 0 spiro atoms. The molecule has 0 aliphatic heterocycles. The molecule has 0 saturated carbocycles. The van der Waals surface area contributed by atoms with Crippen LogP contribution < -0.4 is 14.8 Å². The number of nitrogens with one attached hydrogen (secondary N) is 1. The fraction of sp³-hybridized carbons (Fsp3) is 0.360. The molecule has 33 heavy (non-hydrogen) atoms. The number of carbonyl (C=O) groups is 2. The monoisotopic (exact) mass is 455 g/mol. The van der Waals surface area contributed by atoms with Gasteiger partial charge in [-0.1, -0.05) is 18.2 Å². The molecule has 1 amide bonds. The lowest BCUT2D eigenvalue weighted by Gasteiger charge is -2.13. The third kappa shape index (κ3) is 6.26. The minimum Gasteiger partial charge on any atom is -0.490 e. The summed E-state index contributed by atoms with van der Waals surface area (Å²) in [6.45, 7) is 8.21. The molecule has 0 fully saturated rings. The van der Waals surface area contributed by atoms with E-state index in [0.717, 1.165) is 5.39 Å². The maximum Gasteiger partial charge on any atom is 0.375 e. The second-order valence-corrected chi connectivity index (χ2v) is 7.42. The van der Waals surface area contributed by atoms with Crippen LogP contribution >= 0.6 is 0 Å². The Labute approximate surface area is 192 Å². The normalized spacial score (nSPS) is 10.9. The van der Waals surface area contributed by atoms with Gasteiger partial charge in [0, 0.05) is 22.7 Å². The molecule has 8 nitrogen and oxygen atoms in total. The van der Waals surface area contributed by atoms with E-state index in [2.05, 4.69) is 5.32 Å². The minimum absolute atomic E-state index is 0.0241. The summed E-state index contributed by atoms with van der Waals surface area (Å²) in [7, 11) is 0. The minimum atomic E-state index is -0.731. The van der Waals surface area contributed by atoms with Crippen molar-refractivity contribution in [1.82, 2.24) is 0 Å². The van der Waals surface area contributed by atoms with Crippen molar-refractivity contribution in [2.45, 2.75) is 40.4 Å². The number of benzene rings is 2. The zero-order valence-electron chi connectivity index (χ0n) is 19.3. The van der Waals surface area contributed by atoms with Crippen LogP contribution in [-0.4, -0.2) is 37.8 Å². The molecule has 2 aromatic carbocycles. The van der Waals surface area contributed by atoms with Gasteiger partial charge in [-0.2, -0.15) is 0 Å². The number of furan rings is 1. The Hall–Kier alpha value is -3.52. The molecule has 3 rings (SSSR count). The highest BCUT2D eigenvalue weighted by Gasteiger charge is 2.23. The van der Waals surface area contributed by atoms with E-state index in [0.29, 0.717) is 41.5 Å². The summed E-state index contributed by atoms with van der Waals surface area (Å²) >= 11 is 0. The van der Waals surface area contributed by atoms with Crippen molar-refractivity contribution in [3.05, 3.63) is 53.8 Å². The molecule has 0 bridgehead atoms. The second-order valence-electron chi connectivity index (χ2n) is 7.42. The van der Waals surface area contributed by atoms with Gasteiger partial charge in [-0.05, 0) is 45.9 Å². The molecule has 1 N–H and O–H groups in total. The van der Waals surface area contributed by atoms with Crippen LogP contribution in [0.5, 0.6) is 11.5 Å². The maximum atomic E-state index is 12.7. The van der Waals surface area contributed by atoms with Gasteiger partial charge in [0.2, 0.25) is 5.76 Å². The van der Waals surface area contributed by atoms with Gasteiger partial charge >= 0.3 is 5.97 Å².